The number of thiocarbonyl (C=S) groups is 2. The summed E-state index contributed by atoms with van der Waals surface area (Å²) in [7, 11) is 1.31. The molecular weight excluding hydrogens is 187 g/mol. The van der Waals surface area contributed by atoms with Crippen molar-refractivity contribution >= 4 is 86.6 Å². The van der Waals surface area contributed by atoms with Crippen LogP contribution in [0.25, 0.3) is 0 Å². The van der Waals surface area contributed by atoms with E-state index in [1.54, 1.807) is 0 Å². The second-order valence-corrected chi connectivity index (χ2v) is 1.14. The van der Waals surface area contributed by atoms with Gasteiger partial charge in [-0.25, -0.2) is 0 Å². The third kappa shape index (κ3) is 46.4. The van der Waals surface area contributed by atoms with Gasteiger partial charge in [0.2, 0.25) is 0 Å². The van der Waals surface area contributed by atoms with Crippen LogP contribution in [-0.4, -0.2) is 79.5 Å². The maximum atomic E-state index is 7.87. The van der Waals surface area contributed by atoms with Crippen molar-refractivity contribution in [3.63, 3.8) is 0 Å². The first kappa shape index (κ1) is 16.7. The van der Waals surface area contributed by atoms with E-state index in [1.807, 2.05) is 0 Å². The average molecular weight is 194 g/mol. The third-order valence-electron chi connectivity index (χ3n) is 0.175. The van der Waals surface area contributed by atoms with Crippen molar-refractivity contribution in [3.8, 4) is 0 Å². The Morgan fingerprint density at radius 2 is 1.78 bits per heavy atom. The molecule has 0 unspecified atom stereocenters. The summed E-state index contributed by atoms with van der Waals surface area (Å²) in [5.74, 6) is 0. The molecule has 0 amide bonds. The second-order valence-electron chi connectivity index (χ2n) is 0.575. The molecular formula is C3H7KO3S2. The van der Waals surface area contributed by atoms with Gasteiger partial charge in [-0.1, -0.05) is 0 Å². The van der Waals surface area contributed by atoms with E-state index in [4.69, 9.17) is 10.2 Å². The van der Waals surface area contributed by atoms with E-state index in [1.165, 1.54) is 7.11 Å². The zero-order valence-electron chi connectivity index (χ0n) is 4.20. The number of hydrogen-bond acceptors (Lipinski definition) is 3. The molecule has 0 aliphatic heterocycles. The molecule has 0 fully saturated rings. The molecule has 0 aromatic heterocycles. The van der Waals surface area contributed by atoms with Gasteiger partial charge in [-0.2, -0.15) is 0 Å². The molecule has 0 saturated carbocycles. The number of aliphatic hydroxyl groups excluding tert-OH is 2. The fourth-order valence-corrected chi connectivity index (χ4v) is 0. The topological polar surface area (TPSA) is 49.7 Å². The van der Waals surface area contributed by atoms with Crippen LogP contribution in [0.3, 0.4) is 0 Å². The van der Waals surface area contributed by atoms with Crippen LogP contribution in [0.2, 0.25) is 0 Å². The summed E-state index contributed by atoms with van der Waals surface area (Å²) in [6, 6.07) is 0. The van der Waals surface area contributed by atoms with Gasteiger partial charge in [-0.05, 0) is 12.2 Å². The average Bonchev–Trinajstić information content (AvgIpc) is 1.69. The summed E-state index contributed by atoms with van der Waals surface area (Å²) in [6.07, 6.45) is 0. The summed E-state index contributed by atoms with van der Waals surface area (Å²) in [4.78, 5) is 0. The fourth-order valence-electron chi connectivity index (χ4n) is 0. The number of ether oxygens (including phenoxy) is 1. The summed E-state index contributed by atoms with van der Waals surface area (Å²) >= 11 is 7.85. The molecule has 0 aliphatic carbocycles. The van der Waals surface area contributed by atoms with E-state index in [0.29, 0.717) is 5.55 Å². The molecule has 0 radical (unpaired) electrons. The molecule has 0 aromatic carbocycles. The number of aliphatic hydroxyl groups is 2. The first-order chi connectivity index (χ1) is 3.68. The van der Waals surface area contributed by atoms with Crippen molar-refractivity contribution in [3.05, 3.63) is 0 Å². The molecule has 0 aliphatic rings. The molecule has 50 valence electrons. The predicted octanol–water partition coefficient (Wildman–Crippen LogP) is 0.329. The van der Waals surface area contributed by atoms with Crippen LogP contribution in [0.5, 0.6) is 0 Å². The van der Waals surface area contributed by atoms with E-state index >= 15 is 0 Å². The molecule has 0 aromatic rings. The van der Waals surface area contributed by atoms with E-state index in [2.05, 4.69) is 29.2 Å². The van der Waals surface area contributed by atoms with Gasteiger partial charge in [0.15, 0.2) is 0 Å². The van der Waals surface area contributed by atoms with Gasteiger partial charge in [0.05, 0.1) is 7.11 Å². The Kier molecular flexibility index (Phi) is 29.8. The van der Waals surface area contributed by atoms with Gasteiger partial charge in [0, 0.05) is 12.2 Å². The van der Waals surface area contributed by atoms with Crippen LogP contribution in [0.4, 0.5) is 0 Å². The van der Waals surface area contributed by atoms with Crippen LogP contribution < -0.4 is 0 Å². The first-order valence-corrected chi connectivity index (χ1v) is 2.41. The molecule has 0 bridgehead atoms. The van der Waals surface area contributed by atoms with Gasteiger partial charge >= 0.3 is 56.6 Å². The summed E-state index contributed by atoms with van der Waals surface area (Å²) in [5.41, 5.74) is 0.583. The predicted molar refractivity (Wildman–Crippen MR) is 45.7 cm³/mol. The summed E-state index contributed by atoms with van der Waals surface area (Å²) < 4.78 is 4.04. The molecule has 9 heavy (non-hydrogen) atoms. The van der Waals surface area contributed by atoms with Crippen molar-refractivity contribution in [2.45, 2.75) is 0 Å². The van der Waals surface area contributed by atoms with E-state index in [-0.39, 0.29) is 51.4 Å². The molecule has 3 nitrogen and oxygen atoms in total. The van der Waals surface area contributed by atoms with Crippen LogP contribution in [0, 0.1) is 0 Å². The summed E-state index contributed by atoms with van der Waals surface area (Å²) in [6.45, 7) is 0. The zero-order valence-corrected chi connectivity index (χ0v) is 5.83. The zero-order chi connectivity index (χ0) is 6.99. The van der Waals surface area contributed by atoms with Crippen LogP contribution in [0.15, 0.2) is 0 Å². The minimum atomic E-state index is -0.412. The van der Waals surface area contributed by atoms with Crippen molar-refractivity contribution < 1.29 is 14.9 Å². The van der Waals surface area contributed by atoms with Gasteiger partial charge in [-0.15, -0.1) is 0 Å². The molecule has 0 heterocycles. The third-order valence-corrected chi connectivity index (χ3v) is 0.341. The van der Waals surface area contributed by atoms with Gasteiger partial charge < -0.3 is 14.9 Å². The van der Waals surface area contributed by atoms with Crippen molar-refractivity contribution in [1.82, 2.24) is 0 Å². The Labute approximate surface area is 107 Å². The minimum absolute atomic E-state index is 0. The number of rotatable bonds is 0. The normalized spacial score (nSPS) is 5.00. The monoisotopic (exact) mass is 194 g/mol. The van der Waals surface area contributed by atoms with Gasteiger partial charge in [0.25, 0.3) is 0 Å². The standard InChI is InChI=1S/C2H4O2S.CH2OS.K.H/c1-4-2(3)5;2-1-3;;/h1H3,(H,3,5);1H,(H,2,3);;. The molecule has 0 atom stereocenters. The first-order valence-electron chi connectivity index (χ1n) is 1.53. The Hall–Kier alpha value is 1.22. The van der Waals surface area contributed by atoms with Crippen LogP contribution >= 0.6 is 24.4 Å². The van der Waals surface area contributed by atoms with E-state index in [0.717, 1.165) is 0 Å². The van der Waals surface area contributed by atoms with Crippen LogP contribution in [-0.2, 0) is 4.74 Å². The fraction of sp³-hybridized carbons (Fsp3) is 0.333. The quantitative estimate of drug-likeness (QED) is 0.430. The Morgan fingerprint density at radius 3 is 1.78 bits per heavy atom. The Morgan fingerprint density at radius 1 is 1.67 bits per heavy atom. The molecule has 0 spiro atoms. The SMILES string of the molecule is COC(O)=S.OC=S.[KH]. The Bertz CT molecular complexity index is 77.5. The van der Waals surface area contributed by atoms with Crippen molar-refractivity contribution in [1.29, 1.82) is 0 Å². The molecule has 0 rings (SSSR count). The summed E-state index contributed by atoms with van der Waals surface area (Å²) in [5, 5.41) is 14.7. The molecule has 6 heteroatoms. The van der Waals surface area contributed by atoms with E-state index < -0.39 is 5.24 Å². The molecule has 2 N–H and O–H groups in total. The van der Waals surface area contributed by atoms with E-state index in [9.17, 15) is 0 Å². The second kappa shape index (κ2) is 16.1. The number of hydrogen-bond donors (Lipinski definition) is 2. The van der Waals surface area contributed by atoms with Gasteiger partial charge in [-0.3, -0.25) is 0 Å². The Balaban J connectivity index is -0.0000000800. The maximum absolute atomic E-state index is 7.87. The molecule has 0 saturated heterocycles. The van der Waals surface area contributed by atoms with Crippen molar-refractivity contribution in [2.24, 2.45) is 0 Å². The number of methoxy groups -OCH3 is 1. The van der Waals surface area contributed by atoms with Gasteiger partial charge in [0.1, 0.15) is 5.55 Å². The van der Waals surface area contributed by atoms with Crippen LogP contribution in [0.1, 0.15) is 0 Å². The van der Waals surface area contributed by atoms with Crippen molar-refractivity contribution in [2.75, 3.05) is 7.11 Å².